The maximum absolute atomic E-state index is 5.33. The zero-order valence-corrected chi connectivity index (χ0v) is 9.85. The summed E-state index contributed by atoms with van der Waals surface area (Å²) in [5.41, 5.74) is 2.22. The van der Waals surface area contributed by atoms with E-state index in [4.69, 9.17) is 9.47 Å². The molecule has 86 valence electrons. The van der Waals surface area contributed by atoms with E-state index in [1.807, 2.05) is 32.0 Å². The summed E-state index contributed by atoms with van der Waals surface area (Å²) in [5, 5.41) is 0. The van der Waals surface area contributed by atoms with Crippen LogP contribution in [0.3, 0.4) is 0 Å². The molecule has 2 nitrogen and oxygen atoms in total. The summed E-state index contributed by atoms with van der Waals surface area (Å²) in [7, 11) is 0. The van der Waals surface area contributed by atoms with E-state index in [9.17, 15) is 0 Å². The van der Waals surface area contributed by atoms with Crippen molar-refractivity contribution in [2.24, 2.45) is 0 Å². The van der Waals surface area contributed by atoms with Gasteiger partial charge in [0.2, 0.25) is 0 Å². The first-order valence-corrected chi connectivity index (χ1v) is 5.31. The molecule has 0 N–H and O–H groups in total. The van der Waals surface area contributed by atoms with Crippen LogP contribution < -0.4 is 0 Å². The van der Waals surface area contributed by atoms with Gasteiger partial charge in [0.1, 0.15) is 12.2 Å². The third-order valence-electron chi connectivity index (χ3n) is 2.45. The van der Waals surface area contributed by atoms with Gasteiger partial charge >= 0.3 is 0 Å². The minimum Gasteiger partial charge on any atom is -0.494 e. The molecule has 2 atom stereocenters. The van der Waals surface area contributed by atoms with Crippen LogP contribution >= 0.6 is 0 Å². The topological polar surface area (TPSA) is 18.5 Å². The largest absolute Gasteiger partial charge is 0.494 e. The first kappa shape index (κ1) is 12.4. The smallest absolute Gasteiger partial charge is 0.120 e. The Hall–Kier alpha value is -1.70. The Morgan fingerprint density at radius 3 is 1.81 bits per heavy atom. The van der Waals surface area contributed by atoms with Crippen LogP contribution in [-0.4, -0.2) is 0 Å². The minimum atomic E-state index is 0.00776. The molecule has 0 saturated carbocycles. The molecule has 0 amide bonds. The van der Waals surface area contributed by atoms with E-state index in [2.05, 4.69) is 19.2 Å². The van der Waals surface area contributed by atoms with Gasteiger partial charge in [-0.15, -0.1) is 0 Å². The van der Waals surface area contributed by atoms with Crippen molar-refractivity contribution in [2.45, 2.75) is 26.1 Å². The highest BCUT2D eigenvalue weighted by Crippen LogP contribution is 2.23. The highest BCUT2D eigenvalue weighted by molar-refractivity contribution is 5.26. The lowest BCUT2D eigenvalue weighted by Gasteiger charge is -2.15. The molecule has 0 aliphatic carbocycles. The predicted octanol–water partition coefficient (Wildman–Crippen LogP) is 4.13. The summed E-state index contributed by atoms with van der Waals surface area (Å²) in [6, 6.07) is 8.12. The van der Waals surface area contributed by atoms with E-state index in [1.165, 1.54) is 12.5 Å². The molecule has 0 aliphatic heterocycles. The van der Waals surface area contributed by atoms with Gasteiger partial charge in [-0.25, -0.2) is 0 Å². The second-order valence-electron chi connectivity index (χ2n) is 3.56. The molecule has 1 rings (SSSR count). The Kier molecular flexibility index (Phi) is 4.65. The van der Waals surface area contributed by atoms with Crippen LogP contribution in [0.5, 0.6) is 0 Å². The third-order valence-corrected chi connectivity index (χ3v) is 2.45. The van der Waals surface area contributed by atoms with Crippen molar-refractivity contribution in [1.29, 1.82) is 0 Å². The SMILES string of the molecule is C=COC(C)c1cccc(C(C)OC=C)c1. The summed E-state index contributed by atoms with van der Waals surface area (Å²) in [4.78, 5) is 0. The average Bonchev–Trinajstić information content (AvgIpc) is 2.30. The number of hydrogen-bond donors (Lipinski definition) is 0. The molecule has 0 saturated heterocycles. The van der Waals surface area contributed by atoms with Crippen molar-refractivity contribution in [3.8, 4) is 0 Å². The van der Waals surface area contributed by atoms with E-state index in [1.54, 1.807) is 0 Å². The molecule has 0 aromatic heterocycles. The van der Waals surface area contributed by atoms with Crippen LogP contribution in [0.2, 0.25) is 0 Å². The van der Waals surface area contributed by atoms with Gasteiger partial charge in [-0.05, 0) is 31.0 Å². The van der Waals surface area contributed by atoms with Gasteiger partial charge in [-0.3, -0.25) is 0 Å². The van der Waals surface area contributed by atoms with Crippen molar-refractivity contribution in [1.82, 2.24) is 0 Å². The van der Waals surface area contributed by atoms with Crippen LogP contribution in [0.15, 0.2) is 49.9 Å². The lowest BCUT2D eigenvalue weighted by Crippen LogP contribution is -1.99. The number of ether oxygens (including phenoxy) is 2. The highest BCUT2D eigenvalue weighted by Gasteiger charge is 2.09. The van der Waals surface area contributed by atoms with E-state index >= 15 is 0 Å². The molecule has 0 fully saturated rings. The number of benzene rings is 1. The molecule has 16 heavy (non-hydrogen) atoms. The Morgan fingerprint density at radius 2 is 1.44 bits per heavy atom. The second-order valence-corrected chi connectivity index (χ2v) is 3.56. The number of rotatable bonds is 6. The Balaban J connectivity index is 2.85. The lowest BCUT2D eigenvalue weighted by molar-refractivity contribution is 0.159. The first-order valence-electron chi connectivity index (χ1n) is 5.31. The van der Waals surface area contributed by atoms with Gasteiger partial charge in [-0.2, -0.15) is 0 Å². The molecule has 0 aliphatic rings. The maximum Gasteiger partial charge on any atom is 0.120 e. The molecular weight excluding hydrogens is 200 g/mol. The van der Waals surface area contributed by atoms with Gasteiger partial charge in [-0.1, -0.05) is 31.4 Å². The van der Waals surface area contributed by atoms with Crippen LogP contribution in [0.1, 0.15) is 37.2 Å². The van der Waals surface area contributed by atoms with Crippen LogP contribution in [0.25, 0.3) is 0 Å². The molecule has 1 aromatic carbocycles. The summed E-state index contributed by atoms with van der Waals surface area (Å²) in [6.45, 7) is 11.1. The monoisotopic (exact) mass is 218 g/mol. The third kappa shape index (κ3) is 3.16. The van der Waals surface area contributed by atoms with Crippen molar-refractivity contribution in [3.63, 3.8) is 0 Å². The van der Waals surface area contributed by atoms with E-state index in [-0.39, 0.29) is 12.2 Å². The van der Waals surface area contributed by atoms with Crippen molar-refractivity contribution >= 4 is 0 Å². The zero-order valence-electron chi connectivity index (χ0n) is 9.85. The maximum atomic E-state index is 5.33. The normalized spacial score (nSPS) is 13.6. The summed E-state index contributed by atoms with van der Waals surface area (Å²) < 4.78 is 10.7. The fourth-order valence-electron chi connectivity index (χ4n) is 1.51. The van der Waals surface area contributed by atoms with Crippen molar-refractivity contribution in [2.75, 3.05) is 0 Å². The molecule has 0 spiro atoms. The van der Waals surface area contributed by atoms with Gasteiger partial charge in [0.25, 0.3) is 0 Å². The highest BCUT2D eigenvalue weighted by atomic mass is 16.5. The van der Waals surface area contributed by atoms with Gasteiger partial charge in [0.05, 0.1) is 12.5 Å². The standard InChI is InChI=1S/C14H18O2/c1-5-15-11(3)13-8-7-9-14(10-13)12(4)16-6-2/h5-12H,1-2H2,3-4H3. The molecule has 2 heteroatoms. The minimum absolute atomic E-state index is 0.00776. The molecule has 0 bridgehead atoms. The van der Waals surface area contributed by atoms with Crippen molar-refractivity contribution < 1.29 is 9.47 Å². The molecule has 1 aromatic rings. The molecule has 0 heterocycles. The van der Waals surface area contributed by atoms with E-state index in [0.717, 1.165) is 11.1 Å². The lowest BCUT2D eigenvalue weighted by atomic mass is 10.0. The summed E-state index contributed by atoms with van der Waals surface area (Å²) >= 11 is 0. The Bertz CT molecular complexity index is 326. The van der Waals surface area contributed by atoms with E-state index < -0.39 is 0 Å². The van der Waals surface area contributed by atoms with Crippen LogP contribution in [-0.2, 0) is 9.47 Å². The zero-order chi connectivity index (χ0) is 12.0. The fourth-order valence-corrected chi connectivity index (χ4v) is 1.51. The van der Waals surface area contributed by atoms with Crippen molar-refractivity contribution in [3.05, 3.63) is 61.1 Å². The van der Waals surface area contributed by atoms with Crippen LogP contribution in [0, 0.1) is 0 Å². The molecular formula is C14H18O2. The Labute approximate surface area is 97.2 Å². The van der Waals surface area contributed by atoms with Gasteiger partial charge < -0.3 is 9.47 Å². The average molecular weight is 218 g/mol. The Morgan fingerprint density at radius 1 is 1.00 bits per heavy atom. The van der Waals surface area contributed by atoms with Gasteiger partial charge in [0.15, 0.2) is 0 Å². The molecule has 2 unspecified atom stereocenters. The molecule has 0 radical (unpaired) electrons. The first-order chi connectivity index (χ1) is 7.69. The summed E-state index contributed by atoms with van der Waals surface area (Å²) in [5.74, 6) is 0. The van der Waals surface area contributed by atoms with Crippen LogP contribution in [0.4, 0.5) is 0 Å². The second kappa shape index (κ2) is 6.01. The number of hydrogen-bond acceptors (Lipinski definition) is 2. The van der Waals surface area contributed by atoms with E-state index in [0.29, 0.717) is 0 Å². The summed E-state index contributed by atoms with van der Waals surface area (Å²) in [6.07, 6.45) is 2.93. The van der Waals surface area contributed by atoms with Gasteiger partial charge in [0, 0.05) is 0 Å². The quantitative estimate of drug-likeness (QED) is 0.668. The fraction of sp³-hybridized carbons (Fsp3) is 0.286. The predicted molar refractivity (Wildman–Crippen MR) is 65.8 cm³/mol.